The third kappa shape index (κ3) is 2.49. The van der Waals surface area contributed by atoms with Crippen molar-refractivity contribution in [2.45, 2.75) is 25.2 Å². The predicted octanol–water partition coefficient (Wildman–Crippen LogP) is -0.0566. The van der Waals surface area contributed by atoms with Crippen LogP contribution >= 0.6 is 11.3 Å². The van der Waals surface area contributed by atoms with Crippen LogP contribution in [-0.2, 0) is 6.61 Å². The van der Waals surface area contributed by atoms with Crippen molar-refractivity contribution in [1.29, 1.82) is 5.26 Å². The Bertz CT molecular complexity index is 334. The summed E-state index contributed by atoms with van der Waals surface area (Å²) in [6.45, 7) is -0.197. The van der Waals surface area contributed by atoms with Crippen LogP contribution in [0.1, 0.15) is 23.2 Å². The minimum absolute atomic E-state index is 0.144. The summed E-state index contributed by atoms with van der Waals surface area (Å²) in [4.78, 5) is 3.88. The van der Waals surface area contributed by atoms with Crippen molar-refractivity contribution in [1.82, 2.24) is 4.98 Å². The first-order valence-electron chi connectivity index (χ1n) is 3.97. The van der Waals surface area contributed by atoms with E-state index in [1.807, 2.05) is 0 Å². The summed E-state index contributed by atoms with van der Waals surface area (Å²) in [5, 5.41) is 37.7. The van der Waals surface area contributed by atoms with E-state index in [0.717, 1.165) is 11.3 Å². The fourth-order valence-electron chi connectivity index (χ4n) is 0.901. The van der Waals surface area contributed by atoms with Crippen molar-refractivity contribution in [2.75, 3.05) is 0 Å². The van der Waals surface area contributed by atoms with Crippen LogP contribution in [0.25, 0.3) is 0 Å². The van der Waals surface area contributed by atoms with Gasteiger partial charge in [0.1, 0.15) is 11.1 Å². The fraction of sp³-hybridized carbons (Fsp3) is 0.500. The number of rotatable bonds is 4. The smallest absolute Gasteiger partial charge is 0.132 e. The second-order valence-corrected chi connectivity index (χ2v) is 3.60. The molecule has 0 aliphatic rings. The molecule has 1 heterocycles. The number of hydrogen-bond acceptors (Lipinski definition) is 6. The van der Waals surface area contributed by atoms with Crippen molar-refractivity contribution < 1.29 is 15.3 Å². The van der Waals surface area contributed by atoms with Gasteiger partial charge in [-0.2, -0.15) is 5.26 Å². The molecule has 0 bridgehead atoms. The van der Waals surface area contributed by atoms with Gasteiger partial charge in [-0.3, -0.25) is 0 Å². The summed E-state index contributed by atoms with van der Waals surface area (Å²) >= 11 is 1.15. The van der Waals surface area contributed by atoms with Gasteiger partial charge in [0.25, 0.3) is 0 Å². The number of hydrogen-bond donors (Lipinski definition) is 3. The van der Waals surface area contributed by atoms with Gasteiger partial charge in [0.05, 0.1) is 30.9 Å². The Kier molecular flexibility index (Phi) is 3.98. The second kappa shape index (κ2) is 5.02. The van der Waals surface area contributed by atoms with Gasteiger partial charge in [0.15, 0.2) is 0 Å². The predicted molar refractivity (Wildman–Crippen MR) is 49.2 cm³/mol. The van der Waals surface area contributed by atoms with E-state index in [9.17, 15) is 10.2 Å². The largest absolute Gasteiger partial charge is 0.390 e. The summed E-state index contributed by atoms with van der Waals surface area (Å²) in [5.41, 5.74) is 0.452. The van der Waals surface area contributed by atoms with Gasteiger partial charge in [-0.25, -0.2) is 4.98 Å². The molecule has 76 valence electrons. The normalized spacial score (nSPS) is 14.7. The quantitative estimate of drug-likeness (QED) is 0.652. The van der Waals surface area contributed by atoms with Crippen LogP contribution < -0.4 is 0 Å². The molecule has 0 aromatic carbocycles. The Morgan fingerprint density at radius 3 is 2.79 bits per heavy atom. The highest BCUT2D eigenvalue weighted by Gasteiger charge is 2.21. The van der Waals surface area contributed by atoms with E-state index in [1.165, 1.54) is 0 Å². The zero-order valence-corrected chi connectivity index (χ0v) is 8.11. The zero-order chi connectivity index (χ0) is 10.6. The molecule has 0 aliphatic carbocycles. The van der Waals surface area contributed by atoms with Gasteiger partial charge in [-0.15, -0.1) is 11.3 Å². The molecule has 1 rings (SSSR count). The fourth-order valence-corrected chi connectivity index (χ4v) is 1.75. The molecule has 6 heteroatoms. The van der Waals surface area contributed by atoms with Crippen LogP contribution in [0.2, 0.25) is 0 Å². The van der Waals surface area contributed by atoms with Gasteiger partial charge in [0, 0.05) is 5.38 Å². The Balaban J connectivity index is 2.69. The molecule has 2 unspecified atom stereocenters. The first kappa shape index (κ1) is 11.1. The molecule has 0 saturated carbocycles. The Morgan fingerprint density at radius 2 is 2.29 bits per heavy atom. The van der Waals surface area contributed by atoms with Crippen LogP contribution in [0.5, 0.6) is 0 Å². The summed E-state index contributed by atoms with van der Waals surface area (Å²) in [6, 6.07) is 1.76. The molecule has 0 fully saturated rings. The van der Waals surface area contributed by atoms with Gasteiger partial charge >= 0.3 is 0 Å². The van der Waals surface area contributed by atoms with Crippen molar-refractivity contribution in [2.24, 2.45) is 0 Å². The third-order valence-corrected chi connectivity index (χ3v) is 2.61. The molecule has 0 saturated heterocycles. The number of aliphatic hydroxyl groups is 3. The highest BCUT2D eigenvalue weighted by Crippen LogP contribution is 2.22. The van der Waals surface area contributed by atoms with Crippen LogP contribution in [0, 0.1) is 11.3 Å². The molecule has 5 nitrogen and oxygen atoms in total. The minimum Gasteiger partial charge on any atom is -0.390 e. The van der Waals surface area contributed by atoms with Crippen molar-refractivity contribution in [3.63, 3.8) is 0 Å². The molecule has 2 atom stereocenters. The Labute approximate surface area is 84.9 Å². The zero-order valence-electron chi connectivity index (χ0n) is 7.29. The van der Waals surface area contributed by atoms with Gasteiger partial charge in [-0.05, 0) is 0 Å². The monoisotopic (exact) mass is 214 g/mol. The number of aromatic nitrogens is 1. The Morgan fingerprint density at radius 1 is 1.57 bits per heavy atom. The highest BCUT2D eigenvalue weighted by molar-refractivity contribution is 7.09. The summed E-state index contributed by atoms with van der Waals surface area (Å²) in [6.07, 6.45) is -2.42. The van der Waals surface area contributed by atoms with E-state index >= 15 is 0 Å². The van der Waals surface area contributed by atoms with Gasteiger partial charge in [0.2, 0.25) is 0 Å². The van der Waals surface area contributed by atoms with E-state index in [0.29, 0.717) is 10.7 Å². The molecule has 3 N–H and O–H groups in total. The Hall–Kier alpha value is -1.00. The summed E-state index contributed by atoms with van der Waals surface area (Å²) < 4.78 is 0. The number of nitriles is 1. The van der Waals surface area contributed by atoms with Crippen LogP contribution in [0.3, 0.4) is 0 Å². The molecule has 0 radical (unpaired) electrons. The average Bonchev–Trinajstić information content (AvgIpc) is 2.65. The molecule has 0 amide bonds. The molecule has 0 aliphatic heterocycles. The number of nitrogens with zero attached hydrogens (tertiary/aromatic N) is 2. The van der Waals surface area contributed by atoms with E-state index in [1.54, 1.807) is 11.4 Å². The van der Waals surface area contributed by atoms with Crippen LogP contribution in [-0.4, -0.2) is 26.4 Å². The second-order valence-electron chi connectivity index (χ2n) is 2.71. The molecule has 0 spiro atoms. The SMILES string of the molecule is N#CCC(O)C(O)c1nc(CO)cs1. The van der Waals surface area contributed by atoms with Gasteiger partial charge < -0.3 is 15.3 Å². The summed E-state index contributed by atoms with van der Waals surface area (Å²) in [7, 11) is 0. The van der Waals surface area contributed by atoms with E-state index in [2.05, 4.69) is 4.98 Å². The molecule has 1 aromatic heterocycles. The van der Waals surface area contributed by atoms with Crippen molar-refractivity contribution in [3.8, 4) is 6.07 Å². The third-order valence-electron chi connectivity index (χ3n) is 1.65. The molecule has 14 heavy (non-hydrogen) atoms. The van der Waals surface area contributed by atoms with Gasteiger partial charge in [-0.1, -0.05) is 0 Å². The van der Waals surface area contributed by atoms with E-state index in [4.69, 9.17) is 10.4 Å². The maximum absolute atomic E-state index is 9.49. The standard InChI is InChI=1S/C8H10N2O3S/c9-2-1-6(12)7(13)8-10-5(3-11)4-14-8/h4,6-7,11-13H,1,3H2. The molecular weight excluding hydrogens is 204 g/mol. The lowest BCUT2D eigenvalue weighted by atomic mass is 10.1. The number of thiazole rings is 1. The van der Waals surface area contributed by atoms with E-state index < -0.39 is 12.2 Å². The van der Waals surface area contributed by atoms with Crippen molar-refractivity contribution in [3.05, 3.63) is 16.1 Å². The first-order valence-corrected chi connectivity index (χ1v) is 4.85. The summed E-state index contributed by atoms with van der Waals surface area (Å²) in [5.74, 6) is 0. The van der Waals surface area contributed by atoms with Crippen LogP contribution in [0.4, 0.5) is 0 Å². The lowest BCUT2D eigenvalue weighted by Crippen LogP contribution is -2.17. The maximum Gasteiger partial charge on any atom is 0.132 e. The molecular formula is C8H10N2O3S. The minimum atomic E-state index is -1.15. The highest BCUT2D eigenvalue weighted by atomic mass is 32.1. The topological polar surface area (TPSA) is 97.4 Å². The number of aliphatic hydroxyl groups excluding tert-OH is 3. The van der Waals surface area contributed by atoms with E-state index in [-0.39, 0.29) is 13.0 Å². The maximum atomic E-state index is 9.49. The average molecular weight is 214 g/mol. The molecule has 1 aromatic rings. The lowest BCUT2D eigenvalue weighted by molar-refractivity contribution is 0.0213. The van der Waals surface area contributed by atoms with Crippen molar-refractivity contribution >= 4 is 11.3 Å². The van der Waals surface area contributed by atoms with Crippen LogP contribution in [0.15, 0.2) is 5.38 Å². The lowest BCUT2D eigenvalue weighted by Gasteiger charge is -2.11. The first-order chi connectivity index (χ1) is 6.69.